The molecule has 0 bridgehead atoms. The fourth-order valence-corrected chi connectivity index (χ4v) is 11.4. The quantitative estimate of drug-likeness (QED) is 0.268. The van der Waals surface area contributed by atoms with Crippen LogP contribution < -0.4 is 5.32 Å². The van der Waals surface area contributed by atoms with Gasteiger partial charge in [-0.1, -0.05) is 77.9 Å². The van der Waals surface area contributed by atoms with Crippen LogP contribution in [0.3, 0.4) is 0 Å². The summed E-state index contributed by atoms with van der Waals surface area (Å²) in [5.74, 6) is -2.93. The topological polar surface area (TPSA) is 175 Å². The average molecular weight is 803 g/mol. The first kappa shape index (κ1) is 44.0. The third-order valence-electron chi connectivity index (χ3n) is 12.8. The molecular formula is C42H62N2O11S. The van der Waals surface area contributed by atoms with Crippen molar-refractivity contribution >= 4 is 47.2 Å². The second kappa shape index (κ2) is 17.8. The Morgan fingerprint density at radius 3 is 2.25 bits per heavy atom. The molecule has 2 aliphatic heterocycles. The van der Waals surface area contributed by atoms with E-state index in [0.717, 1.165) is 30.2 Å². The van der Waals surface area contributed by atoms with Crippen molar-refractivity contribution in [2.45, 2.75) is 155 Å². The van der Waals surface area contributed by atoms with E-state index in [2.05, 4.69) is 12.2 Å². The maximum Gasteiger partial charge on any atom is 0.408 e. The molecule has 2 N–H and O–H groups in total. The summed E-state index contributed by atoms with van der Waals surface area (Å²) in [4.78, 5) is 81.5. The number of ketones is 2. The Kier molecular flexibility index (Phi) is 14.0. The average Bonchev–Trinajstić information content (AvgIpc) is 3.80. The maximum atomic E-state index is 14.3. The summed E-state index contributed by atoms with van der Waals surface area (Å²) in [6, 6.07) is -1.35. The largest absolute Gasteiger partial charge is 0.444 e. The number of alkyl carbamates (subject to hydrolysis) is 1. The minimum Gasteiger partial charge on any atom is -0.444 e. The molecule has 0 aromatic carbocycles. The summed E-state index contributed by atoms with van der Waals surface area (Å²) in [7, 11) is 0. The van der Waals surface area contributed by atoms with Crippen LogP contribution in [0.4, 0.5) is 4.79 Å². The predicted octanol–water partition coefficient (Wildman–Crippen LogP) is 6.16. The SMILES string of the molecule is C1CCCCC1.CC.CC(C)(C)OC(=O)NC(CSCC(=O)C12OCOC1CC1C3CCC4=CC(=O)C=CC4(C)C3C(O)CC12C)C(=O)ON1C(=O)CCC1=O. The number of aliphatic hydroxyl groups excluding tert-OH is 1. The number of hydrogen-bond donors (Lipinski definition) is 2. The van der Waals surface area contributed by atoms with Crippen molar-refractivity contribution in [1.29, 1.82) is 0 Å². The van der Waals surface area contributed by atoms with Crippen LogP contribution in [-0.4, -0.2) is 93.4 Å². The van der Waals surface area contributed by atoms with Gasteiger partial charge in [-0.2, -0.15) is 11.8 Å². The molecule has 6 fully saturated rings. The number of nitrogens with one attached hydrogen (secondary N) is 1. The fraction of sp³-hybridized carbons (Fsp3) is 0.762. The standard InChI is InChI=1S/C34H44N2O11S.C6H12.C2H6/c1-31(2,3)46-30(43)35-22(29(42)47-36-26(40)8-9-27(36)41)15-48-16-24(39)34-25(44-17-45-34)13-21-20-7-6-18-12-19(37)10-11-32(18,4)28(20)23(38)14-33(21,34)5;1-2-4-6-5-3-1;1-2/h10-12,20-23,25,28,38H,6-9,13-17H2,1-5H3,(H,35,43);1-6H2;1-2H3. The van der Waals surface area contributed by atoms with Crippen LogP contribution in [0.1, 0.15) is 126 Å². The van der Waals surface area contributed by atoms with Gasteiger partial charge in [-0.25, -0.2) is 9.59 Å². The number of carbonyl (C=O) groups excluding carboxylic acids is 6. The highest BCUT2D eigenvalue weighted by molar-refractivity contribution is 8.00. The number of hydroxylamine groups is 2. The zero-order valence-electron chi connectivity index (χ0n) is 34.2. The van der Waals surface area contributed by atoms with Crippen LogP contribution in [-0.2, 0) is 43.0 Å². The van der Waals surface area contributed by atoms with E-state index in [1.54, 1.807) is 32.9 Å². The van der Waals surface area contributed by atoms with Crippen LogP contribution in [0.15, 0.2) is 23.8 Å². The van der Waals surface area contributed by atoms with Crippen LogP contribution in [0, 0.1) is 28.6 Å². The molecule has 0 aromatic rings. The van der Waals surface area contributed by atoms with Gasteiger partial charge in [0.2, 0.25) is 0 Å². The van der Waals surface area contributed by atoms with E-state index in [4.69, 9.17) is 19.0 Å². The van der Waals surface area contributed by atoms with Crippen LogP contribution >= 0.6 is 11.8 Å². The zero-order valence-corrected chi connectivity index (χ0v) is 35.0. The number of amides is 3. The lowest BCUT2D eigenvalue weighted by Crippen LogP contribution is -2.63. The highest BCUT2D eigenvalue weighted by Crippen LogP contribution is 2.69. The van der Waals surface area contributed by atoms with Gasteiger partial charge in [0.05, 0.1) is 18.0 Å². The number of allylic oxidation sites excluding steroid dienone is 4. The minimum absolute atomic E-state index is 0.0154. The van der Waals surface area contributed by atoms with Crippen molar-refractivity contribution in [2.75, 3.05) is 18.3 Å². The van der Waals surface area contributed by atoms with E-state index in [1.807, 2.05) is 26.8 Å². The second-order valence-electron chi connectivity index (χ2n) is 17.4. The van der Waals surface area contributed by atoms with E-state index < -0.39 is 64.2 Å². The molecule has 7 aliphatic rings. The van der Waals surface area contributed by atoms with E-state index in [9.17, 15) is 33.9 Å². The van der Waals surface area contributed by atoms with Gasteiger partial charge in [-0.05, 0) is 70.4 Å². The lowest BCUT2D eigenvalue weighted by molar-refractivity contribution is -0.198. The molecule has 0 radical (unpaired) electrons. The molecule has 56 heavy (non-hydrogen) atoms. The number of rotatable bonds is 8. The molecule has 0 aromatic heterocycles. The third kappa shape index (κ3) is 8.68. The van der Waals surface area contributed by atoms with Gasteiger partial charge in [0.25, 0.3) is 11.8 Å². The molecule has 7 rings (SSSR count). The van der Waals surface area contributed by atoms with Crippen molar-refractivity contribution in [3.05, 3.63) is 23.8 Å². The number of carbonyl (C=O) groups is 6. The number of fused-ring (bicyclic) bond motifs is 7. The van der Waals surface area contributed by atoms with E-state index in [1.165, 1.54) is 38.5 Å². The smallest absolute Gasteiger partial charge is 0.408 e. The predicted molar refractivity (Wildman–Crippen MR) is 209 cm³/mol. The van der Waals surface area contributed by atoms with Gasteiger partial charge in [0, 0.05) is 35.3 Å². The monoisotopic (exact) mass is 802 g/mol. The Balaban J connectivity index is 0.000000676. The van der Waals surface area contributed by atoms with Crippen molar-refractivity contribution in [1.82, 2.24) is 10.4 Å². The van der Waals surface area contributed by atoms with Gasteiger partial charge in [0.15, 0.2) is 17.2 Å². The first-order chi connectivity index (χ1) is 26.5. The summed E-state index contributed by atoms with van der Waals surface area (Å²) in [5.41, 5.74) is -2.36. The molecule has 5 aliphatic carbocycles. The van der Waals surface area contributed by atoms with E-state index in [-0.39, 0.29) is 60.5 Å². The van der Waals surface area contributed by atoms with E-state index >= 15 is 0 Å². The lowest BCUT2D eigenvalue weighted by atomic mass is 9.46. The molecule has 13 nitrogen and oxygen atoms in total. The molecule has 14 heteroatoms. The Labute approximate surface area is 335 Å². The van der Waals surface area contributed by atoms with Gasteiger partial charge < -0.3 is 29.5 Å². The van der Waals surface area contributed by atoms with Gasteiger partial charge in [-0.3, -0.25) is 19.2 Å². The fourth-order valence-electron chi connectivity index (χ4n) is 10.4. The molecule has 4 saturated carbocycles. The van der Waals surface area contributed by atoms with Crippen LogP contribution in [0.2, 0.25) is 0 Å². The summed E-state index contributed by atoms with van der Waals surface area (Å²) in [5, 5.41) is 14.7. The van der Waals surface area contributed by atoms with Crippen LogP contribution in [0.5, 0.6) is 0 Å². The minimum atomic E-state index is -1.35. The molecule has 9 atom stereocenters. The lowest BCUT2D eigenvalue weighted by Gasteiger charge is -2.59. The van der Waals surface area contributed by atoms with Crippen LogP contribution in [0.25, 0.3) is 0 Å². The number of imide groups is 1. The molecule has 0 spiro atoms. The molecule has 9 unspecified atom stereocenters. The van der Waals surface area contributed by atoms with Crippen molar-refractivity contribution < 1.29 is 52.9 Å². The summed E-state index contributed by atoms with van der Waals surface area (Å²) >= 11 is 1.07. The number of thioether (sulfide) groups is 1. The maximum absolute atomic E-state index is 14.3. The van der Waals surface area contributed by atoms with Gasteiger partial charge in [-0.15, -0.1) is 5.06 Å². The molecular weight excluding hydrogens is 741 g/mol. The number of Topliss-reactive ketones (excluding diaryl/α,β-unsaturated/α-hetero) is 1. The number of aliphatic hydroxyl groups is 1. The molecule has 2 heterocycles. The number of nitrogens with zero attached hydrogens (tertiary/aromatic N) is 1. The highest BCUT2D eigenvalue weighted by atomic mass is 32.2. The highest BCUT2D eigenvalue weighted by Gasteiger charge is 2.74. The number of ether oxygens (including phenoxy) is 3. The first-order valence-corrected chi connectivity index (χ1v) is 21.7. The van der Waals surface area contributed by atoms with E-state index in [0.29, 0.717) is 17.9 Å². The summed E-state index contributed by atoms with van der Waals surface area (Å²) < 4.78 is 17.6. The second-order valence-corrected chi connectivity index (χ2v) is 18.4. The molecule has 312 valence electrons. The Hall–Kier alpha value is -3.07. The third-order valence-corrected chi connectivity index (χ3v) is 13.8. The summed E-state index contributed by atoms with van der Waals surface area (Å²) in [6.45, 7) is 13.0. The van der Waals surface area contributed by atoms with Gasteiger partial charge in [0.1, 0.15) is 18.4 Å². The normalized spacial score (nSPS) is 34.9. The summed E-state index contributed by atoms with van der Waals surface area (Å²) in [6.07, 6.45) is 14.3. The molecule has 3 amide bonds. The Morgan fingerprint density at radius 1 is 1.02 bits per heavy atom. The first-order valence-electron chi connectivity index (χ1n) is 20.6. The molecule has 2 saturated heterocycles. The van der Waals surface area contributed by atoms with Crippen molar-refractivity contribution in [3.63, 3.8) is 0 Å². The van der Waals surface area contributed by atoms with Crippen molar-refractivity contribution in [2.24, 2.45) is 28.6 Å². The Bertz CT molecular complexity index is 1560. The number of hydrogen-bond acceptors (Lipinski definition) is 12. The Morgan fingerprint density at radius 2 is 1.64 bits per heavy atom. The van der Waals surface area contributed by atoms with Crippen molar-refractivity contribution in [3.8, 4) is 0 Å². The van der Waals surface area contributed by atoms with Gasteiger partial charge >= 0.3 is 12.1 Å². The zero-order chi connectivity index (χ0) is 41.1.